The van der Waals surface area contributed by atoms with E-state index in [0.29, 0.717) is 24.3 Å². The monoisotopic (exact) mass is 416 g/mol. The Kier molecular flexibility index (Phi) is 4.72. The molecule has 0 aliphatic heterocycles. The van der Waals surface area contributed by atoms with Crippen molar-refractivity contribution in [2.45, 2.75) is 65.6 Å². The van der Waals surface area contributed by atoms with Gasteiger partial charge in [-0.2, -0.15) is 0 Å². The molecule has 0 unspecified atom stereocenters. The number of ketones is 2. The van der Waals surface area contributed by atoms with Crippen LogP contribution in [0.2, 0.25) is 0 Å². The van der Waals surface area contributed by atoms with E-state index in [4.69, 9.17) is 4.74 Å². The molecule has 2 fully saturated rings. The largest absolute Gasteiger partial charge is 0.454 e. The van der Waals surface area contributed by atoms with E-state index in [1.54, 1.807) is 19.1 Å². The SMILES string of the molecule is CCCC(=O)O[C@@H]1C(CO)=C[C@H]2C(=O)[C@]3(C=C(C)C(=O)[C@@]13O)[C@H](C)C[C@@H]1[C@H]2C1(C)C. The van der Waals surface area contributed by atoms with E-state index >= 15 is 0 Å². The van der Waals surface area contributed by atoms with Crippen LogP contribution in [0, 0.1) is 34.5 Å². The molecule has 4 aliphatic rings. The predicted octanol–water partition coefficient (Wildman–Crippen LogP) is 2.37. The highest BCUT2D eigenvalue weighted by atomic mass is 16.6. The molecule has 0 radical (unpaired) electrons. The number of allylic oxidation sites excluding steroid dienone is 1. The Labute approximate surface area is 177 Å². The van der Waals surface area contributed by atoms with E-state index in [1.807, 2.05) is 13.8 Å². The van der Waals surface area contributed by atoms with Gasteiger partial charge in [0.2, 0.25) is 0 Å². The Bertz CT molecular complexity index is 882. The van der Waals surface area contributed by atoms with Gasteiger partial charge in [-0.15, -0.1) is 0 Å². The molecule has 4 rings (SSSR count). The molecule has 0 aromatic rings. The average molecular weight is 417 g/mol. The fourth-order valence-corrected chi connectivity index (χ4v) is 6.77. The highest BCUT2D eigenvalue weighted by Gasteiger charge is 2.76. The van der Waals surface area contributed by atoms with Gasteiger partial charge in [0.05, 0.1) is 12.0 Å². The van der Waals surface area contributed by atoms with E-state index in [1.165, 1.54) is 0 Å². The minimum Gasteiger partial charge on any atom is -0.454 e. The quantitative estimate of drug-likeness (QED) is 0.539. The lowest BCUT2D eigenvalue weighted by atomic mass is 9.59. The molecular formula is C24H32O6. The maximum absolute atomic E-state index is 14.1. The van der Waals surface area contributed by atoms with E-state index in [0.717, 1.165) is 0 Å². The van der Waals surface area contributed by atoms with Crippen molar-refractivity contribution in [2.75, 3.05) is 6.61 Å². The number of fused-ring (bicyclic) bond motifs is 3. The number of carbonyl (C=O) groups excluding carboxylic acids is 3. The summed E-state index contributed by atoms with van der Waals surface area (Å²) in [6, 6.07) is 0. The van der Waals surface area contributed by atoms with Crippen molar-refractivity contribution < 1.29 is 29.3 Å². The number of aliphatic hydroxyl groups is 2. The molecule has 2 N–H and O–H groups in total. The second-order valence-electron chi connectivity index (χ2n) is 10.3. The van der Waals surface area contributed by atoms with Crippen molar-refractivity contribution >= 4 is 17.5 Å². The molecule has 1 spiro atoms. The summed E-state index contributed by atoms with van der Waals surface area (Å²) < 4.78 is 5.67. The van der Waals surface area contributed by atoms with E-state index < -0.39 is 41.4 Å². The van der Waals surface area contributed by atoms with Crippen LogP contribution in [0.25, 0.3) is 0 Å². The molecule has 0 saturated heterocycles. The first-order chi connectivity index (χ1) is 14.0. The molecule has 7 atom stereocenters. The summed E-state index contributed by atoms with van der Waals surface area (Å²) >= 11 is 0. The van der Waals surface area contributed by atoms with Gasteiger partial charge in [-0.05, 0) is 54.1 Å². The molecule has 30 heavy (non-hydrogen) atoms. The fraction of sp³-hybridized carbons (Fsp3) is 0.708. The van der Waals surface area contributed by atoms with Crippen molar-refractivity contribution in [3.8, 4) is 0 Å². The number of hydrogen-bond donors (Lipinski definition) is 2. The molecule has 0 aromatic heterocycles. The molecule has 0 aromatic carbocycles. The number of esters is 1. The Balaban J connectivity index is 1.96. The van der Waals surface area contributed by atoms with Crippen molar-refractivity contribution in [3.05, 3.63) is 23.3 Å². The van der Waals surface area contributed by atoms with Crippen LogP contribution in [-0.4, -0.2) is 46.1 Å². The van der Waals surface area contributed by atoms with E-state index in [2.05, 4.69) is 13.8 Å². The number of aliphatic hydroxyl groups excluding tert-OH is 1. The van der Waals surface area contributed by atoms with Crippen LogP contribution < -0.4 is 0 Å². The number of carbonyl (C=O) groups is 3. The Morgan fingerprint density at radius 1 is 1.30 bits per heavy atom. The second kappa shape index (κ2) is 6.60. The number of Topliss-reactive ketones (excluding diaryl/α,β-unsaturated/α-hetero) is 2. The number of rotatable bonds is 4. The zero-order chi connectivity index (χ0) is 22.2. The molecular weight excluding hydrogens is 384 g/mol. The van der Waals surface area contributed by atoms with Gasteiger partial charge in [-0.25, -0.2) is 0 Å². The van der Waals surface area contributed by atoms with Crippen LogP contribution in [0.4, 0.5) is 0 Å². The summed E-state index contributed by atoms with van der Waals surface area (Å²) in [5.74, 6) is -1.81. The van der Waals surface area contributed by atoms with Crippen LogP contribution in [0.1, 0.15) is 53.9 Å². The third-order valence-corrected chi connectivity index (χ3v) is 8.40. The van der Waals surface area contributed by atoms with Crippen LogP contribution in [0.3, 0.4) is 0 Å². The molecule has 0 amide bonds. The first-order valence-corrected chi connectivity index (χ1v) is 11.0. The van der Waals surface area contributed by atoms with Crippen molar-refractivity contribution in [1.29, 1.82) is 0 Å². The van der Waals surface area contributed by atoms with Crippen LogP contribution in [-0.2, 0) is 19.1 Å². The lowest BCUT2D eigenvalue weighted by Gasteiger charge is -2.46. The van der Waals surface area contributed by atoms with Gasteiger partial charge in [0, 0.05) is 12.3 Å². The van der Waals surface area contributed by atoms with E-state index in [-0.39, 0.29) is 35.0 Å². The Morgan fingerprint density at radius 3 is 2.57 bits per heavy atom. The number of hydrogen-bond acceptors (Lipinski definition) is 6. The minimum absolute atomic E-state index is 0.0362. The summed E-state index contributed by atoms with van der Waals surface area (Å²) in [6.07, 6.45) is 3.32. The summed E-state index contributed by atoms with van der Waals surface area (Å²) in [7, 11) is 0. The van der Waals surface area contributed by atoms with Crippen LogP contribution in [0.15, 0.2) is 23.3 Å². The van der Waals surface area contributed by atoms with Gasteiger partial charge in [-0.1, -0.05) is 39.8 Å². The lowest BCUT2D eigenvalue weighted by molar-refractivity contribution is -0.186. The zero-order valence-electron chi connectivity index (χ0n) is 18.4. The molecule has 4 aliphatic carbocycles. The number of ether oxygens (including phenoxy) is 1. The maximum atomic E-state index is 14.1. The fourth-order valence-electron chi connectivity index (χ4n) is 6.77. The maximum Gasteiger partial charge on any atom is 0.306 e. The van der Waals surface area contributed by atoms with E-state index in [9.17, 15) is 24.6 Å². The summed E-state index contributed by atoms with van der Waals surface area (Å²) in [5.41, 5.74) is -3.18. The van der Waals surface area contributed by atoms with Gasteiger partial charge in [0.15, 0.2) is 23.3 Å². The molecule has 0 heterocycles. The summed E-state index contributed by atoms with van der Waals surface area (Å²) in [6.45, 7) is 9.13. The lowest BCUT2D eigenvalue weighted by Crippen LogP contribution is -2.64. The van der Waals surface area contributed by atoms with Crippen molar-refractivity contribution in [1.82, 2.24) is 0 Å². The van der Waals surface area contributed by atoms with Gasteiger partial charge in [0.25, 0.3) is 0 Å². The third kappa shape index (κ3) is 2.41. The van der Waals surface area contributed by atoms with Crippen molar-refractivity contribution in [2.24, 2.45) is 34.5 Å². The molecule has 2 bridgehead atoms. The highest BCUT2D eigenvalue weighted by Crippen LogP contribution is 2.71. The Morgan fingerprint density at radius 2 is 1.97 bits per heavy atom. The first-order valence-electron chi connectivity index (χ1n) is 11.0. The van der Waals surface area contributed by atoms with Gasteiger partial charge in [0.1, 0.15) is 0 Å². The molecule has 6 heteroatoms. The second-order valence-corrected chi connectivity index (χ2v) is 10.3. The van der Waals surface area contributed by atoms with Crippen LogP contribution >= 0.6 is 0 Å². The molecule has 2 saturated carbocycles. The normalized spacial score (nSPS) is 43.6. The zero-order valence-corrected chi connectivity index (χ0v) is 18.4. The average Bonchev–Trinajstić information content (AvgIpc) is 3.18. The summed E-state index contributed by atoms with van der Waals surface area (Å²) in [4.78, 5) is 39.9. The first kappa shape index (κ1) is 21.4. The minimum atomic E-state index is -2.23. The van der Waals surface area contributed by atoms with Crippen molar-refractivity contribution in [3.63, 3.8) is 0 Å². The van der Waals surface area contributed by atoms with Gasteiger partial charge >= 0.3 is 5.97 Å². The Hall–Kier alpha value is -1.79. The standard InChI is InChI=1S/C24H32O6/c1-6-7-17(26)30-21-14(11-25)9-15-18-16(22(18,4)5)8-13(3)23(20(15)28)10-12(2)19(27)24(21,23)29/h9-10,13,15-16,18,21,25,29H,6-8,11H2,1-5H3/t13-,15-,16-,18+,21-,23+,24-/m1/s1. The molecule has 164 valence electrons. The smallest absolute Gasteiger partial charge is 0.306 e. The predicted molar refractivity (Wildman–Crippen MR) is 109 cm³/mol. The third-order valence-electron chi connectivity index (χ3n) is 8.40. The van der Waals surface area contributed by atoms with Crippen LogP contribution in [0.5, 0.6) is 0 Å². The summed E-state index contributed by atoms with van der Waals surface area (Å²) in [5, 5.41) is 22.2. The highest BCUT2D eigenvalue weighted by molar-refractivity contribution is 6.13. The van der Waals surface area contributed by atoms with Gasteiger partial charge < -0.3 is 14.9 Å². The topological polar surface area (TPSA) is 101 Å². The van der Waals surface area contributed by atoms with Gasteiger partial charge in [-0.3, -0.25) is 14.4 Å². The molecule has 6 nitrogen and oxygen atoms in total.